The number of ether oxygens (including phenoxy) is 1. The molecule has 0 radical (unpaired) electrons. The Morgan fingerprint density at radius 2 is 2.11 bits per heavy atom. The molecule has 0 heterocycles. The minimum Gasteiger partial charge on any atom is -0.490 e. The number of benzene rings is 1. The van der Waals surface area contributed by atoms with Crippen LogP contribution >= 0.6 is 0 Å². The summed E-state index contributed by atoms with van der Waals surface area (Å²) in [5.41, 5.74) is 0.0893. The Hall–Kier alpha value is -1.55. The molecule has 1 rings (SSSR count). The lowest BCUT2D eigenvalue weighted by molar-refractivity contribution is -0.145. The molecule has 0 aliphatic heterocycles. The summed E-state index contributed by atoms with van der Waals surface area (Å²) in [5.74, 6) is -0.0474. The predicted molar refractivity (Wildman–Crippen MR) is 75.6 cm³/mol. The van der Waals surface area contributed by atoms with Crippen molar-refractivity contribution in [2.45, 2.75) is 45.8 Å². The van der Waals surface area contributed by atoms with E-state index in [0.29, 0.717) is 13.0 Å². The minimum absolute atomic E-state index is 0.179. The van der Waals surface area contributed by atoms with Crippen LogP contribution in [0.25, 0.3) is 0 Å². The van der Waals surface area contributed by atoms with Crippen LogP contribution in [0, 0.1) is 6.92 Å². The molecule has 0 saturated carbocycles. The topological polar surface area (TPSA) is 58.6 Å². The van der Waals surface area contributed by atoms with Crippen LogP contribution in [-0.2, 0) is 4.79 Å². The summed E-state index contributed by atoms with van der Waals surface area (Å²) in [6.45, 7) is 8.07. The Morgan fingerprint density at radius 3 is 2.63 bits per heavy atom. The Kier molecular flexibility index (Phi) is 5.36. The molecule has 2 N–H and O–H groups in total. The SMILES string of the molecule is CCNC(C)(CC(C)Oc1ccccc1C)C(=O)O. The molecule has 2 atom stereocenters. The quantitative estimate of drug-likeness (QED) is 0.795. The smallest absolute Gasteiger partial charge is 0.323 e. The maximum Gasteiger partial charge on any atom is 0.323 e. The molecule has 19 heavy (non-hydrogen) atoms. The number of aliphatic carboxylic acids is 1. The highest BCUT2D eigenvalue weighted by molar-refractivity contribution is 5.78. The van der Waals surface area contributed by atoms with Crippen molar-refractivity contribution in [3.63, 3.8) is 0 Å². The minimum atomic E-state index is -0.961. The van der Waals surface area contributed by atoms with Crippen LogP contribution in [-0.4, -0.2) is 29.3 Å². The zero-order chi connectivity index (χ0) is 14.5. The first kappa shape index (κ1) is 15.5. The third-order valence-corrected chi connectivity index (χ3v) is 3.16. The highest BCUT2D eigenvalue weighted by atomic mass is 16.5. The zero-order valence-electron chi connectivity index (χ0n) is 12.1. The van der Waals surface area contributed by atoms with E-state index in [1.54, 1.807) is 6.92 Å². The summed E-state index contributed by atoms with van der Waals surface area (Å²) in [5, 5.41) is 12.3. The number of rotatable bonds is 7. The van der Waals surface area contributed by atoms with Gasteiger partial charge in [-0.3, -0.25) is 4.79 Å². The van der Waals surface area contributed by atoms with Crippen LogP contribution in [0.15, 0.2) is 24.3 Å². The second kappa shape index (κ2) is 6.57. The summed E-state index contributed by atoms with van der Waals surface area (Å²) in [7, 11) is 0. The summed E-state index contributed by atoms with van der Waals surface area (Å²) in [6.07, 6.45) is 0.228. The van der Waals surface area contributed by atoms with E-state index in [0.717, 1.165) is 11.3 Å². The lowest BCUT2D eigenvalue weighted by Gasteiger charge is -2.29. The van der Waals surface area contributed by atoms with Crippen molar-refractivity contribution in [3.05, 3.63) is 29.8 Å². The second-order valence-electron chi connectivity index (χ2n) is 5.07. The zero-order valence-corrected chi connectivity index (χ0v) is 12.1. The first-order valence-corrected chi connectivity index (χ1v) is 6.59. The van der Waals surface area contributed by atoms with Crippen molar-refractivity contribution in [2.75, 3.05) is 6.54 Å². The van der Waals surface area contributed by atoms with Gasteiger partial charge in [-0.25, -0.2) is 0 Å². The van der Waals surface area contributed by atoms with Crippen LogP contribution in [0.4, 0.5) is 0 Å². The van der Waals surface area contributed by atoms with E-state index in [-0.39, 0.29) is 6.10 Å². The largest absolute Gasteiger partial charge is 0.490 e. The lowest BCUT2D eigenvalue weighted by atomic mass is 9.95. The maximum atomic E-state index is 11.3. The number of hydrogen-bond donors (Lipinski definition) is 2. The van der Waals surface area contributed by atoms with E-state index in [1.165, 1.54) is 0 Å². The lowest BCUT2D eigenvalue weighted by Crippen LogP contribution is -2.51. The number of hydrogen-bond acceptors (Lipinski definition) is 3. The van der Waals surface area contributed by atoms with Crippen molar-refractivity contribution in [3.8, 4) is 5.75 Å². The maximum absolute atomic E-state index is 11.3. The molecule has 4 heteroatoms. The molecule has 1 aromatic carbocycles. The van der Waals surface area contributed by atoms with Gasteiger partial charge in [-0.1, -0.05) is 25.1 Å². The second-order valence-corrected chi connectivity index (χ2v) is 5.07. The number of nitrogens with one attached hydrogen (secondary N) is 1. The molecule has 0 aliphatic rings. The predicted octanol–water partition coefficient (Wildman–Crippen LogP) is 2.61. The summed E-state index contributed by atoms with van der Waals surface area (Å²) in [6, 6.07) is 7.74. The Labute approximate surface area is 114 Å². The van der Waals surface area contributed by atoms with Gasteiger partial charge in [-0.2, -0.15) is 0 Å². The van der Waals surface area contributed by atoms with Gasteiger partial charge in [-0.15, -0.1) is 0 Å². The summed E-state index contributed by atoms with van der Waals surface area (Å²) >= 11 is 0. The average Bonchev–Trinajstić information content (AvgIpc) is 2.32. The molecule has 4 nitrogen and oxygen atoms in total. The number of carboxylic acid groups (broad SMARTS) is 1. The Balaban J connectivity index is 2.71. The summed E-state index contributed by atoms with van der Waals surface area (Å²) < 4.78 is 5.83. The monoisotopic (exact) mass is 265 g/mol. The van der Waals surface area contributed by atoms with E-state index >= 15 is 0 Å². The molecule has 0 fully saturated rings. The Morgan fingerprint density at radius 1 is 1.47 bits per heavy atom. The fraction of sp³-hybridized carbons (Fsp3) is 0.533. The molecule has 0 spiro atoms. The van der Waals surface area contributed by atoms with Gasteiger partial charge in [0.25, 0.3) is 0 Å². The van der Waals surface area contributed by atoms with Crippen molar-refractivity contribution in [1.29, 1.82) is 0 Å². The van der Waals surface area contributed by atoms with E-state index in [2.05, 4.69) is 5.32 Å². The highest BCUT2D eigenvalue weighted by Gasteiger charge is 2.34. The van der Waals surface area contributed by atoms with Crippen LogP contribution in [0.3, 0.4) is 0 Å². The van der Waals surface area contributed by atoms with Gasteiger partial charge in [0.15, 0.2) is 0 Å². The van der Waals surface area contributed by atoms with Gasteiger partial charge in [0.2, 0.25) is 0 Å². The van der Waals surface area contributed by atoms with Crippen molar-refractivity contribution in [2.24, 2.45) is 0 Å². The molecule has 0 aromatic heterocycles. The number of aryl methyl sites for hydroxylation is 1. The average molecular weight is 265 g/mol. The van der Waals surface area contributed by atoms with E-state index in [1.807, 2.05) is 45.0 Å². The van der Waals surface area contributed by atoms with Crippen molar-refractivity contribution < 1.29 is 14.6 Å². The first-order valence-electron chi connectivity index (χ1n) is 6.59. The third kappa shape index (κ3) is 4.24. The van der Waals surface area contributed by atoms with Gasteiger partial charge in [0.05, 0.1) is 6.10 Å². The number of para-hydroxylation sites is 1. The molecule has 0 aliphatic carbocycles. The van der Waals surface area contributed by atoms with Gasteiger partial charge in [0, 0.05) is 6.42 Å². The van der Waals surface area contributed by atoms with Crippen LogP contribution in [0.1, 0.15) is 32.8 Å². The fourth-order valence-corrected chi connectivity index (χ4v) is 2.15. The van der Waals surface area contributed by atoms with Crippen LogP contribution in [0.5, 0.6) is 5.75 Å². The van der Waals surface area contributed by atoms with E-state index < -0.39 is 11.5 Å². The normalized spacial score (nSPS) is 15.6. The molecule has 0 saturated heterocycles. The van der Waals surface area contributed by atoms with Gasteiger partial charge in [0.1, 0.15) is 11.3 Å². The third-order valence-electron chi connectivity index (χ3n) is 3.16. The standard InChI is InChI=1S/C15H23NO3/c1-5-16-15(4,14(17)18)10-12(3)19-13-9-7-6-8-11(13)2/h6-9,12,16H,5,10H2,1-4H3,(H,17,18). The molecule has 0 bridgehead atoms. The number of carbonyl (C=O) groups is 1. The van der Waals surface area contributed by atoms with Gasteiger partial charge < -0.3 is 15.2 Å². The highest BCUT2D eigenvalue weighted by Crippen LogP contribution is 2.21. The molecule has 106 valence electrons. The molecular formula is C15H23NO3. The fourth-order valence-electron chi connectivity index (χ4n) is 2.15. The van der Waals surface area contributed by atoms with Crippen molar-refractivity contribution >= 4 is 5.97 Å². The molecule has 2 unspecified atom stereocenters. The Bertz CT molecular complexity index is 433. The first-order chi connectivity index (χ1) is 8.89. The van der Waals surface area contributed by atoms with Crippen LogP contribution in [0.2, 0.25) is 0 Å². The van der Waals surface area contributed by atoms with E-state index in [4.69, 9.17) is 4.74 Å². The molecule has 1 aromatic rings. The summed E-state index contributed by atoms with van der Waals surface area (Å²) in [4.78, 5) is 11.3. The van der Waals surface area contributed by atoms with Gasteiger partial charge >= 0.3 is 5.97 Å². The van der Waals surface area contributed by atoms with Gasteiger partial charge in [-0.05, 0) is 38.9 Å². The number of likely N-dealkylation sites (N-methyl/N-ethyl adjacent to an activating group) is 1. The van der Waals surface area contributed by atoms with Crippen LogP contribution < -0.4 is 10.1 Å². The van der Waals surface area contributed by atoms with Crippen molar-refractivity contribution in [1.82, 2.24) is 5.32 Å². The molecule has 0 amide bonds. The van der Waals surface area contributed by atoms with E-state index in [9.17, 15) is 9.90 Å². The molecular weight excluding hydrogens is 242 g/mol. The number of carboxylic acids is 1.